The van der Waals surface area contributed by atoms with Gasteiger partial charge in [0, 0.05) is 4.88 Å². The summed E-state index contributed by atoms with van der Waals surface area (Å²) in [4.78, 5) is 1.22. The third-order valence-corrected chi connectivity index (χ3v) is 3.24. The fourth-order valence-electron chi connectivity index (χ4n) is 1.41. The highest BCUT2D eigenvalue weighted by atomic mass is 35.5. The molecule has 0 aliphatic rings. The monoisotopic (exact) mass is 239 g/mol. The molecule has 0 amide bonds. The fourth-order valence-corrected chi connectivity index (χ4v) is 2.16. The number of thiophene rings is 1. The van der Waals surface area contributed by atoms with Gasteiger partial charge in [-0.05, 0) is 23.9 Å². The maximum atomic E-state index is 6.12. The molecule has 0 spiro atoms. The van der Waals surface area contributed by atoms with E-state index in [0.29, 0.717) is 0 Å². The second-order valence-electron chi connectivity index (χ2n) is 3.40. The summed E-state index contributed by atoms with van der Waals surface area (Å²) in [6, 6.07) is 12.5. The number of hydrogen-bond donors (Lipinski definition) is 1. The summed E-state index contributed by atoms with van der Waals surface area (Å²) < 4.78 is 0. The molecular formula is C12H14ClNS. The van der Waals surface area contributed by atoms with Gasteiger partial charge in [0.25, 0.3) is 0 Å². The molecule has 0 saturated carbocycles. The zero-order valence-electron chi connectivity index (χ0n) is 8.51. The van der Waals surface area contributed by atoms with E-state index in [0.717, 1.165) is 0 Å². The highest BCUT2D eigenvalue weighted by Gasteiger charge is 2.08. The lowest BCUT2D eigenvalue weighted by Crippen LogP contribution is -2.09. The first-order chi connectivity index (χ1) is 6.77. The number of benzene rings is 1. The molecule has 15 heavy (non-hydrogen) atoms. The summed E-state index contributed by atoms with van der Waals surface area (Å²) in [5, 5.41) is 2.06. The summed E-state index contributed by atoms with van der Waals surface area (Å²) >= 11 is 1.71. The van der Waals surface area contributed by atoms with Gasteiger partial charge in [-0.25, -0.2) is 0 Å². The molecule has 1 heterocycles. The minimum absolute atomic E-state index is 0. The maximum absolute atomic E-state index is 6.12. The van der Waals surface area contributed by atoms with E-state index < -0.39 is 0 Å². The Morgan fingerprint density at radius 1 is 1.13 bits per heavy atom. The average molecular weight is 240 g/mol. The van der Waals surface area contributed by atoms with Crippen LogP contribution in [0.1, 0.15) is 22.0 Å². The SMILES string of the molecule is Cc1ccc([C@@H](N)c2cccs2)cc1.Cl. The van der Waals surface area contributed by atoms with E-state index in [9.17, 15) is 0 Å². The summed E-state index contributed by atoms with van der Waals surface area (Å²) in [6.45, 7) is 2.08. The van der Waals surface area contributed by atoms with Crippen LogP contribution in [0, 0.1) is 6.92 Å². The highest BCUT2D eigenvalue weighted by molar-refractivity contribution is 7.10. The van der Waals surface area contributed by atoms with Gasteiger partial charge in [0.2, 0.25) is 0 Å². The maximum Gasteiger partial charge on any atom is 0.0645 e. The molecule has 2 N–H and O–H groups in total. The lowest BCUT2D eigenvalue weighted by molar-refractivity contribution is 0.893. The molecular weight excluding hydrogens is 226 g/mol. The van der Waals surface area contributed by atoms with Gasteiger partial charge in [0.05, 0.1) is 6.04 Å². The average Bonchev–Trinajstić information content (AvgIpc) is 2.71. The van der Waals surface area contributed by atoms with E-state index in [4.69, 9.17) is 5.73 Å². The van der Waals surface area contributed by atoms with Crippen molar-refractivity contribution in [3.05, 3.63) is 57.8 Å². The summed E-state index contributed by atoms with van der Waals surface area (Å²) in [6.07, 6.45) is 0. The minimum Gasteiger partial charge on any atom is -0.320 e. The van der Waals surface area contributed by atoms with E-state index in [1.54, 1.807) is 11.3 Å². The van der Waals surface area contributed by atoms with Crippen LogP contribution in [0.4, 0.5) is 0 Å². The predicted octanol–water partition coefficient (Wildman–Crippen LogP) is 3.53. The van der Waals surface area contributed by atoms with Crippen molar-refractivity contribution in [2.45, 2.75) is 13.0 Å². The van der Waals surface area contributed by atoms with Gasteiger partial charge in [-0.15, -0.1) is 23.7 Å². The second-order valence-corrected chi connectivity index (χ2v) is 4.38. The molecule has 2 rings (SSSR count). The van der Waals surface area contributed by atoms with E-state index in [2.05, 4.69) is 42.6 Å². The molecule has 3 heteroatoms. The van der Waals surface area contributed by atoms with Gasteiger partial charge in [-0.3, -0.25) is 0 Å². The van der Waals surface area contributed by atoms with Gasteiger partial charge in [-0.2, -0.15) is 0 Å². The Kier molecular flexibility index (Phi) is 4.33. The van der Waals surface area contributed by atoms with E-state index in [1.165, 1.54) is 16.0 Å². The molecule has 0 aliphatic carbocycles. The van der Waals surface area contributed by atoms with E-state index in [-0.39, 0.29) is 18.4 Å². The number of halogens is 1. The molecule has 0 unspecified atom stereocenters. The molecule has 0 aliphatic heterocycles. The van der Waals surface area contributed by atoms with Crippen molar-refractivity contribution >= 4 is 23.7 Å². The van der Waals surface area contributed by atoms with Crippen molar-refractivity contribution < 1.29 is 0 Å². The molecule has 1 atom stereocenters. The van der Waals surface area contributed by atoms with Crippen molar-refractivity contribution in [1.29, 1.82) is 0 Å². The Morgan fingerprint density at radius 2 is 1.80 bits per heavy atom. The first-order valence-electron chi connectivity index (χ1n) is 4.63. The smallest absolute Gasteiger partial charge is 0.0645 e. The fraction of sp³-hybridized carbons (Fsp3) is 0.167. The summed E-state index contributed by atoms with van der Waals surface area (Å²) in [5.74, 6) is 0. The van der Waals surface area contributed by atoms with Crippen LogP contribution in [0.2, 0.25) is 0 Å². The molecule has 0 radical (unpaired) electrons. The van der Waals surface area contributed by atoms with Crippen LogP contribution in [-0.2, 0) is 0 Å². The van der Waals surface area contributed by atoms with Crippen LogP contribution in [0.25, 0.3) is 0 Å². The third-order valence-electron chi connectivity index (χ3n) is 2.29. The van der Waals surface area contributed by atoms with E-state index >= 15 is 0 Å². The van der Waals surface area contributed by atoms with Gasteiger partial charge >= 0.3 is 0 Å². The van der Waals surface area contributed by atoms with Crippen molar-refractivity contribution in [1.82, 2.24) is 0 Å². The normalized spacial score (nSPS) is 11.9. The molecule has 0 fully saturated rings. The van der Waals surface area contributed by atoms with Crippen molar-refractivity contribution in [3.8, 4) is 0 Å². The Balaban J connectivity index is 0.00000112. The van der Waals surface area contributed by atoms with Gasteiger partial charge < -0.3 is 5.73 Å². The topological polar surface area (TPSA) is 26.0 Å². The van der Waals surface area contributed by atoms with Crippen molar-refractivity contribution in [2.75, 3.05) is 0 Å². The molecule has 1 aromatic carbocycles. The predicted molar refractivity (Wildman–Crippen MR) is 68.8 cm³/mol. The Morgan fingerprint density at radius 3 is 2.33 bits per heavy atom. The molecule has 0 bridgehead atoms. The third kappa shape index (κ3) is 2.81. The molecule has 1 aromatic heterocycles. The number of hydrogen-bond acceptors (Lipinski definition) is 2. The largest absolute Gasteiger partial charge is 0.320 e. The molecule has 1 nitrogen and oxygen atoms in total. The minimum atomic E-state index is 0. The molecule has 80 valence electrons. The van der Waals surface area contributed by atoms with Crippen LogP contribution in [0.5, 0.6) is 0 Å². The van der Waals surface area contributed by atoms with Crippen LogP contribution < -0.4 is 5.73 Å². The Bertz CT molecular complexity index is 394. The lowest BCUT2D eigenvalue weighted by Gasteiger charge is -2.09. The summed E-state index contributed by atoms with van der Waals surface area (Å²) in [7, 11) is 0. The number of rotatable bonds is 2. The zero-order valence-corrected chi connectivity index (χ0v) is 10.1. The Hall–Kier alpha value is -0.830. The van der Waals surface area contributed by atoms with Gasteiger partial charge in [-0.1, -0.05) is 35.9 Å². The quantitative estimate of drug-likeness (QED) is 0.853. The first kappa shape index (κ1) is 12.2. The van der Waals surface area contributed by atoms with Crippen LogP contribution in [0.3, 0.4) is 0 Å². The Labute approximate surface area is 100 Å². The summed E-state index contributed by atoms with van der Waals surface area (Å²) in [5.41, 5.74) is 8.57. The highest BCUT2D eigenvalue weighted by Crippen LogP contribution is 2.23. The first-order valence-corrected chi connectivity index (χ1v) is 5.51. The van der Waals surface area contributed by atoms with Crippen molar-refractivity contribution in [3.63, 3.8) is 0 Å². The van der Waals surface area contributed by atoms with Crippen LogP contribution in [-0.4, -0.2) is 0 Å². The zero-order chi connectivity index (χ0) is 9.97. The lowest BCUT2D eigenvalue weighted by atomic mass is 10.0. The molecule has 2 aromatic rings. The number of nitrogens with two attached hydrogens (primary N) is 1. The van der Waals surface area contributed by atoms with Crippen LogP contribution in [0.15, 0.2) is 41.8 Å². The van der Waals surface area contributed by atoms with Gasteiger partial charge in [0.1, 0.15) is 0 Å². The number of aryl methyl sites for hydroxylation is 1. The standard InChI is InChI=1S/C12H13NS.ClH/c1-9-4-6-10(7-5-9)12(13)11-3-2-8-14-11;/h2-8,12H,13H2,1H3;1H/t12-;/m1./s1. The van der Waals surface area contributed by atoms with E-state index in [1.807, 2.05) is 6.07 Å². The molecule has 0 saturated heterocycles. The van der Waals surface area contributed by atoms with Gasteiger partial charge in [0.15, 0.2) is 0 Å². The van der Waals surface area contributed by atoms with Crippen LogP contribution >= 0.6 is 23.7 Å². The second kappa shape index (κ2) is 5.31. The van der Waals surface area contributed by atoms with Crippen molar-refractivity contribution in [2.24, 2.45) is 5.73 Å².